The molecule has 2 aromatic heterocycles. The number of primary amides is 1. The lowest BCUT2D eigenvalue weighted by atomic mass is 9.97. The van der Waals surface area contributed by atoms with Crippen molar-refractivity contribution in [3.63, 3.8) is 0 Å². The van der Waals surface area contributed by atoms with E-state index in [-0.39, 0.29) is 0 Å². The highest BCUT2D eigenvalue weighted by Gasteiger charge is 2.15. The lowest BCUT2D eigenvalue weighted by molar-refractivity contribution is -0.112. The summed E-state index contributed by atoms with van der Waals surface area (Å²) in [5.41, 5.74) is 10.3. The van der Waals surface area contributed by atoms with Crippen LogP contribution in [-0.4, -0.2) is 47.1 Å². The van der Waals surface area contributed by atoms with Crippen LogP contribution >= 0.6 is 11.3 Å². The minimum Gasteiger partial charge on any atom is -0.379 e. The fourth-order valence-electron chi connectivity index (χ4n) is 3.67. The summed E-state index contributed by atoms with van der Waals surface area (Å²) in [7, 11) is 0. The maximum Gasteiger partial charge on any atom is 0.248 e. The Hall–Kier alpha value is -3.07. The van der Waals surface area contributed by atoms with E-state index in [1.54, 1.807) is 11.3 Å². The first-order valence-corrected chi connectivity index (χ1v) is 11.3. The summed E-state index contributed by atoms with van der Waals surface area (Å²) in [6, 6.07) is 10.1. The molecule has 1 amide bonds. The minimum absolute atomic E-state index is 0.297. The van der Waals surface area contributed by atoms with Gasteiger partial charge >= 0.3 is 0 Å². The molecule has 0 unspecified atom stereocenters. The number of amides is 1. The van der Waals surface area contributed by atoms with Gasteiger partial charge in [-0.1, -0.05) is 18.7 Å². The molecular weight excluding hydrogens is 422 g/mol. The van der Waals surface area contributed by atoms with Crippen molar-refractivity contribution in [1.82, 2.24) is 14.9 Å². The first-order valence-electron chi connectivity index (χ1n) is 10.5. The van der Waals surface area contributed by atoms with Gasteiger partial charge in [-0.3, -0.25) is 9.69 Å². The Labute approximate surface area is 192 Å². The van der Waals surface area contributed by atoms with E-state index in [2.05, 4.69) is 33.9 Å². The molecule has 0 radical (unpaired) electrons. The standard InChI is InChI=1S/C24H27N5O2S/c1-15-4-5-19(12-20(15)17(3)23(25)30)21-10-18(14-29-6-8-31-9-7-29)11-22(27-21)28-24-26-13-16(2)32-24/h4-5,10-13H,3,6-9,14H2,1-2H3,(H2,25,30)(H,26,27,28). The van der Waals surface area contributed by atoms with Crippen LogP contribution in [0.3, 0.4) is 0 Å². The molecule has 3 aromatic rings. The molecule has 0 atom stereocenters. The first kappa shape index (κ1) is 22.1. The molecule has 0 spiro atoms. The normalized spacial score (nSPS) is 14.3. The largest absolute Gasteiger partial charge is 0.379 e. The van der Waals surface area contributed by atoms with Crippen LogP contribution < -0.4 is 11.1 Å². The van der Waals surface area contributed by atoms with Crippen molar-refractivity contribution in [3.05, 3.63) is 64.7 Å². The van der Waals surface area contributed by atoms with Gasteiger partial charge in [0.05, 0.1) is 18.9 Å². The second-order valence-corrected chi connectivity index (χ2v) is 9.14. The predicted molar refractivity (Wildman–Crippen MR) is 129 cm³/mol. The highest BCUT2D eigenvalue weighted by molar-refractivity contribution is 7.15. The van der Waals surface area contributed by atoms with E-state index in [1.807, 2.05) is 38.2 Å². The van der Waals surface area contributed by atoms with Crippen molar-refractivity contribution < 1.29 is 9.53 Å². The molecule has 1 aliphatic rings. The Balaban J connectivity index is 1.72. The lowest BCUT2D eigenvalue weighted by Crippen LogP contribution is -2.35. The van der Waals surface area contributed by atoms with Gasteiger partial charge in [0.2, 0.25) is 5.91 Å². The average molecular weight is 450 g/mol. The Morgan fingerprint density at radius 2 is 2.03 bits per heavy atom. The number of anilines is 2. The highest BCUT2D eigenvalue weighted by Crippen LogP contribution is 2.29. The van der Waals surface area contributed by atoms with Gasteiger partial charge in [0.1, 0.15) is 5.82 Å². The van der Waals surface area contributed by atoms with Gasteiger partial charge in [0, 0.05) is 41.8 Å². The number of aryl methyl sites for hydroxylation is 2. The molecule has 32 heavy (non-hydrogen) atoms. The molecular formula is C24H27N5O2S. The fourth-order valence-corrected chi connectivity index (χ4v) is 4.34. The molecule has 3 heterocycles. The third-order valence-corrected chi connectivity index (χ3v) is 6.24. The number of ether oxygens (including phenoxy) is 1. The Bertz CT molecular complexity index is 1150. The van der Waals surface area contributed by atoms with E-state index >= 15 is 0 Å². The van der Waals surface area contributed by atoms with Gasteiger partial charge in [-0.2, -0.15) is 0 Å². The number of thiazole rings is 1. The van der Waals surface area contributed by atoms with Crippen LogP contribution in [0.4, 0.5) is 10.9 Å². The van der Waals surface area contributed by atoms with Gasteiger partial charge in [-0.15, -0.1) is 11.3 Å². The van der Waals surface area contributed by atoms with E-state index in [4.69, 9.17) is 15.5 Å². The molecule has 1 aliphatic heterocycles. The Morgan fingerprint density at radius 1 is 1.25 bits per heavy atom. The number of carbonyl (C=O) groups excluding carboxylic acids is 1. The molecule has 3 N–H and O–H groups in total. The zero-order valence-corrected chi connectivity index (χ0v) is 19.2. The number of nitrogens with two attached hydrogens (primary N) is 1. The number of carbonyl (C=O) groups is 1. The van der Waals surface area contributed by atoms with Crippen LogP contribution in [0.1, 0.15) is 21.6 Å². The van der Waals surface area contributed by atoms with Crippen LogP contribution in [0, 0.1) is 13.8 Å². The molecule has 8 heteroatoms. The third-order valence-electron chi connectivity index (χ3n) is 5.41. The summed E-state index contributed by atoms with van der Waals surface area (Å²) < 4.78 is 5.48. The third kappa shape index (κ3) is 5.21. The minimum atomic E-state index is -0.527. The molecule has 0 bridgehead atoms. The molecule has 0 saturated carbocycles. The maximum atomic E-state index is 11.7. The van der Waals surface area contributed by atoms with Gasteiger partial charge in [-0.25, -0.2) is 9.97 Å². The molecule has 0 aliphatic carbocycles. The number of morpholine rings is 1. The van der Waals surface area contributed by atoms with Crippen molar-refractivity contribution in [2.75, 3.05) is 31.6 Å². The topological polar surface area (TPSA) is 93.4 Å². The average Bonchev–Trinajstić information content (AvgIpc) is 3.18. The monoisotopic (exact) mass is 449 g/mol. The fraction of sp³-hybridized carbons (Fsp3) is 0.292. The van der Waals surface area contributed by atoms with Crippen LogP contribution in [0.15, 0.2) is 43.1 Å². The van der Waals surface area contributed by atoms with E-state index < -0.39 is 5.91 Å². The SMILES string of the molecule is C=C(C(N)=O)c1cc(-c2cc(CN3CCOCC3)cc(Nc3ncc(C)s3)n2)ccc1C. The van der Waals surface area contributed by atoms with Crippen LogP contribution in [0.5, 0.6) is 0 Å². The van der Waals surface area contributed by atoms with E-state index in [9.17, 15) is 4.79 Å². The number of hydrogen-bond donors (Lipinski definition) is 2. The number of pyridine rings is 1. The number of benzene rings is 1. The van der Waals surface area contributed by atoms with Gasteiger partial charge in [0.15, 0.2) is 5.13 Å². The van der Waals surface area contributed by atoms with Gasteiger partial charge < -0.3 is 15.8 Å². The predicted octanol–water partition coefficient (Wildman–Crippen LogP) is 3.90. The molecule has 1 saturated heterocycles. The summed E-state index contributed by atoms with van der Waals surface area (Å²) in [4.78, 5) is 24.5. The summed E-state index contributed by atoms with van der Waals surface area (Å²) in [6.45, 7) is 11.9. The first-order chi connectivity index (χ1) is 15.4. The van der Waals surface area contributed by atoms with E-state index in [0.717, 1.165) is 76.6 Å². The van der Waals surface area contributed by atoms with Crippen LogP contribution in [0.25, 0.3) is 16.8 Å². The van der Waals surface area contributed by atoms with Crippen molar-refractivity contribution in [2.24, 2.45) is 5.73 Å². The summed E-state index contributed by atoms with van der Waals surface area (Å²) in [5, 5.41) is 4.14. The van der Waals surface area contributed by atoms with E-state index in [0.29, 0.717) is 5.57 Å². The highest BCUT2D eigenvalue weighted by atomic mass is 32.1. The van der Waals surface area contributed by atoms with Gasteiger partial charge in [0.25, 0.3) is 0 Å². The molecule has 1 aromatic carbocycles. The summed E-state index contributed by atoms with van der Waals surface area (Å²) in [5.74, 6) is 0.205. The molecule has 166 valence electrons. The number of nitrogens with one attached hydrogen (secondary N) is 1. The molecule has 7 nitrogen and oxygen atoms in total. The number of rotatable bonds is 7. The molecule has 1 fully saturated rings. The van der Waals surface area contributed by atoms with Crippen molar-refractivity contribution in [2.45, 2.75) is 20.4 Å². The Morgan fingerprint density at radius 3 is 2.72 bits per heavy atom. The smallest absolute Gasteiger partial charge is 0.248 e. The summed E-state index contributed by atoms with van der Waals surface area (Å²) >= 11 is 1.59. The zero-order chi connectivity index (χ0) is 22.7. The molecule has 4 rings (SSSR count). The van der Waals surface area contributed by atoms with Crippen molar-refractivity contribution >= 4 is 33.8 Å². The van der Waals surface area contributed by atoms with Gasteiger partial charge in [-0.05, 0) is 48.7 Å². The zero-order valence-electron chi connectivity index (χ0n) is 18.4. The van der Waals surface area contributed by atoms with Crippen LogP contribution in [-0.2, 0) is 16.1 Å². The maximum absolute atomic E-state index is 11.7. The number of aromatic nitrogens is 2. The van der Waals surface area contributed by atoms with Crippen molar-refractivity contribution in [3.8, 4) is 11.3 Å². The van der Waals surface area contributed by atoms with Crippen LogP contribution in [0.2, 0.25) is 0 Å². The quantitative estimate of drug-likeness (QED) is 0.532. The van der Waals surface area contributed by atoms with E-state index in [1.165, 1.54) is 0 Å². The summed E-state index contributed by atoms with van der Waals surface area (Å²) in [6.07, 6.45) is 1.84. The second-order valence-electron chi connectivity index (χ2n) is 7.91. The lowest BCUT2D eigenvalue weighted by Gasteiger charge is -2.26. The second kappa shape index (κ2) is 9.60. The van der Waals surface area contributed by atoms with Crippen molar-refractivity contribution in [1.29, 1.82) is 0 Å². The Kier molecular flexibility index (Phi) is 6.64. The number of hydrogen-bond acceptors (Lipinski definition) is 7. The number of nitrogens with zero attached hydrogens (tertiary/aromatic N) is 3.